The van der Waals surface area contributed by atoms with Crippen LogP contribution in [0.5, 0.6) is 11.5 Å². The Balaban J connectivity index is 1.45. The molecular weight excluding hydrogens is 384 g/mol. The molecule has 0 bridgehead atoms. The van der Waals surface area contributed by atoms with Gasteiger partial charge in [-0.2, -0.15) is 0 Å². The Morgan fingerprint density at radius 3 is 2.70 bits per heavy atom. The van der Waals surface area contributed by atoms with E-state index in [4.69, 9.17) is 9.47 Å². The molecule has 0 aliphatic carbocycles. The van der Waals surface area contributed by atoms with Crippen LogP contribution in [-0.4, -0.2) is 55.7 Å². The first-order chi connectivity index (χ1) is 14.6. The predicted octanol–water partition coefficient (Wildman–Crippen LogP) is 3.13. The highest BCUT2D eigenvalue weighted by molar-refractivity contribution is 6.03. The van der Waals surface area contributed by atoms with Crippen molar-refractivity contribution >= 4 is 34.2 Å². The van der Waals surface area contributed by atoms with Gasteiger partial charge in [-0.3, -0.25) is 14.7 Å². The highest BCUT2D eigenvalue weighted by Gasteiger charge is 2.31. The second kappa shape index (κ2) is 8.28. The van der Waals surface area contributed by atoms with Crippen LogP contribution in [0, 0.1) is 0 Å². The summed E-state index contributed by atoms with van der Waals surface area (Å²) in [5, 5.41) is 3.75. The second-order valence-electron chi connectivity index (χ2n) is 6.82. The lowest BCUT2D eigenvalue weighted by molar-refractivity contribution is -0.116. The largest absolute Gasteiger partial charge is 0.493 e. The molecule has 3 aromatic rings. The van der Waals surface area contributed by atoms with Gasteiger partial charge in [0, 0.05) is 36.4 Å². The molecule has 0 radical (unpaired) electrons. The maximum atomic E-state index is 12.9. The van der Waals surface area contributed by atoms with Crippen molar-refractivity contribution in [2.24, 2.45) is 0 Å². The molecule has 154 valence electrons. The van der Waals surface area contributed by atoms with E-state index in [1.165, 1.54) is 4.90 Å². The molecule has 1 aliphatic rings. The Labute approximate surface area is 174 Å². The van der Waals surface area contributed by atoms with Gasteiger partial charge >= 0.3 is 6.03 Å². The average Bonchev–Trinajstić information content (AvgIpc) is 3.13. The third kappa shape index (κ3) is 3.71. The molecule has 8 nitrogen and oxygen atoms in total. The number of rotatable bonds is 6. The third-order valence-electron chi connectivity index (χ3n) is 5.03. The molecule has 0 spiro atoms. The Hall–Kier alpha value is -3.81. The van der Waals surface area contributed by atoms with Gasteiger partial charge < -0.3 is 19.7 Å². The number of benzene rings is 2. The highest BCUT2D eigenvalue weighted by atomic mass is 16.5. The summed E-state index contributed by atoms with van der Waals surface area (Å²) in [5.41, 5.74) is 2.17. The van der Waals surface area contributed by atoms with Crippen LogP contribution < -0.4 is 19.7 Å². The molecular formula is C22H22N4O4. The van der Waals surface area contributed by atoms with Crippen LogP contribution in [0.1, 0.15) is 0 Å². The summed E-state index contributed by atoms with van der Waals surface area (Å²) in [7, 11) is 3.11. The number of nitrogens with one attached hydrogen (secondary N) is 1. The zero-order valence-electron chi connectivity index (χ0n) is 16.8. The van der Waals surface area contributed by atoms with Crippen molar-refractivity contribution in [3.8, 4) is 11.5 Å². The fraction of sp³-hybridized carbons (Fsp3) is 0.227. The zero-order valence-corrected chi connectivity index (χ0v) is 16.8. The van der Waals surface area contributed by atoms with E-state index < -0.39 is 0 Å². The molecule has 1 saturated heterocycles. The van der Waals surface area contributed by atoms with Crippen molar-refractivity contribution in [1.29, 1.82) is 0 Å². The molecule has 0 atom stereocenters. The summed E-state index contributed by atoms with van der Waals surface area (Å²) in [6, 6.07) is 14.4. The van der Waals surface area contributed by atoms with Crippen molar-refractivity contribution in [3.63, 3.8) is 0 Å². The molecule has 0 unspecified atom stereocenters. The first-order valence-electron chi connectivity index (χ1n) is 9.53. The van der Waals surface area contributed by atoms with Crippen LogP contribution in [0.3, 0.4) is 0 Å². The second-order valence-corrected chi connectivity index (χ2v) is 6.82. The molecule has 0 saturated carbocycles. The minimum atomic E-state index is -0.256. The topological polar surface area (TPSA) is 84.0 Å². The van der Waals surface area contributed by atoms with Gasteiger partial charge in [0.15, 0.2) is 11.5 Å². The molecule has 1 fully saturated rings. The lowest BCUT2D eigenvalue weighted by Gasteiger charge is -2.19. The number of carbonyl (C=O) groups excluding carboxylic acids is 2. The smallest absolute Gasteiger partial charge is 0.325 e. The number of hydrogen-bond donors (Lipinski definition) is 1. The number of pyridine rings is 1. The van der Waals surface area contributed by atoms with Gasteiger partial charge in [-0.15, -0.1) is 0 Å². The van der Waals surface area contributed by atoms with Crippen molar-refractivity contribution < 1.29 is 19.1 Å². The van der Waals surface area contributed by atoms with Crippen LogP contribution in [0.2, 0.25) is 0 Å². The number of fused-ring (bicyclic) bond motifs is 1. The molecule has 30 heavy (non-hydrogen) atoms. The number of carbonyl (C=O) groups is 2. The lowest BCUT2D eigenvalue weighted by Crippen LogP contribution is -2.37. The van der Waals surface area contributed by atoms with Crippen LogP contribution in [0.25, 0.3) is 10.9 Å². The maximum absolute atomic E-state index is 12.9. The highest BCUT2D eigenvalue weighted by Crippen LogP contribution is 2.32. The van der Waals surface area contributed by atoms with Crippen LogP contribution in [0.4, 0.5) is 16.2 Å². The molecule has 3 amide bonds. The molecule has 1 aromatic heterocycles. The monoisotopic (exact) mass is 406 g/mol. The SMILES string of the molecule is COc1ccc(N2CCN(CC(=O)Nc3cccc4ncccc34)C2=O)cc1OC. The quantitative estimate of drug-likeness (QED) is 0.680. The van der Waals surface area contributed by atoms with Gasteiger partial charge in [-0.05, 0) is 36.4 Å². The summed E-state index contributed by atoms with van der Waals surface area (Å²) in [6.07, 6.45) is 1.71. The normalized spacial score (nSPS) is 13.6. The van der Waals surface area contributed by atoms with E-state index in [0.717, 1.165) is 10.9 Å². The molecule has 1 aliphatic heterocycles. The van der Waals surface area contributed by atoms with Crippen molar-refractivity contribution in [2.45, 2.75) is 0 Å². The molecule has 2 aromatic carbocycles. The fourth-order valence-electron chi connectivity index (χ4n) is 3.54. The number of hydrogen-bond acceptors (Lipinski definition) is 5. The van der Waals surface area contributed by atoms with E-state index in [2.05, 4.69) is 10.3 Å². The summed E-state index contributed by atoms with van der Waals surface area (Å²) in [5.74, 6) is 0.881. The van der Waals surface area contributed by atoms with Gasteiger partial charge in [-0.1, -0.05) is 6.07 Å². The Morgan fingerprint density at radius 2 is 1.90 bits per heavy atom. The summed E-state index contributed by atoms with van der Waals surface area (Å²) < 4.78 is 10.6. The van der Waals surface area contributed by atoms with E-state index in [9.17, 15) is 9.59 Å². The minimum Gasteiger partial charge on any atom is -0.493 e. The predicted molar refractivity (Wildman–Crippen MR) is 114 cm³/mol. The summed E-state index contributed by atoms with van der Waals surface area (Å²) in [6.45, 7) is 0.913. The van der Waals surface area contributed by atoms with Crippen molar-refractivity contribution in [1.82, 2.24) is 9.88 Å². The van der Waals surface area contributed by atoms with E-state index in [1.54, 1.807) is 43.5 Å². The standard InChI is InChI=1S/C22H22N4O4/c1-29-19-9-8-15(13-20(19)30-2)26-12-11-25(22(26)28)14-21(27)24-18-7-3-6-17-16(18)5-4-10-23-17/h3-10,13H,11-12,14H2,1-2H3,(H,24,27). The number of methoxy groups -OCH3 is 2. The first kappa shape index (κ1) is 19.5. The molecule has 1 N–H and O–H groups in total. The van der Waals surface area contributed by atoms with Crippen LogP contribution in [-0.2, 0) is 4.79 Å². The zero-order chi connectivity index (χ0) is 21.1. The molecule has 4 rings (SSSR count). The van der Waals surface area contributed by atoms with Crippen LogP contribution >= 0.6 is 0 Å². The number of ether oxygens (including phenoxy) is 2. The Kier molecular flexibility index (Phi) is 5.38. The van der Waals surface area contributed by atoms with Crippen LogP contribution in [0.15, 0.2) is 54.7 Å². The van der Waals surface area contributed by atoms with Crippen molar-refractivity contribution in [3.05, 3.63) is 54.7 Å². The van der Waals surface area contributed by atoms with Gasteiger partial charge in [0.25, 0.3) is 0 Å². The van der Waals surface area contributed by atoms with E-state index in [-0.39, 0.29) is 18.5 Å². The number of amides is 3. The van der Waals surface area contributed by atoms with Gasteiger partial charge in [0.2, 0.25) is 5.91 Å². The summed E-state index contributed by atoms with van der Waals surface area (Å²) in [4.78, 5) is 32.9. The molecule has 8 heteroatoms. The van der Waals surface area contributed by atoms with E-state index in [1.807, 2.05) is 30.3 Å². The van der Waals surface area contributed by atoms with Gasteiger partial charge in [-0.25, -0.2) is 4.79 Å². The Morgan fingerprint density at radius 1 is 1.07 bits per heavy atom. The number of aromatic nitrogens is 1. The minimum absolute atomic E-state index is 0.0285. The number of anilines is 2. The maximum Gasteiger partial charge on any atom is 0.325 e. The third-order valence-corrected chi connectivity index (χ3v) is 5.03. The lowest BCUT2D eigenvalue weighted by atomic mass is 10.2. The van der Waals surface area contributed by atoms with Crippen molar-refractivity contribution in [2.75, 3.05) is 44.1 Å². The first-order valence-corrected chi connectivity index (χ1v) is 9.53. The number of nitrogens with zero attached hydrogens (tertiary/aromatic N) is 3. The van der Waals surface area contributed by atoms with Gasteiger partial charge in [0.05, 0.1) is 25.4 Å². The van der Waals surface area contributed by atoms with Gasteiger partial charge in [0.1, 0.15) is 6.54 Å². The summed E-state index contributed by atoms with van der Waals surface area (Å²) >= 11 is 0. The fourth-order valence-corrected chi connectivity index (χ4v) is 3.54. The van der Waals surface area contributed by atoms with E-state index in [0.29, 0.717) is 36.0 Å². The number of urea groups is 1. The molecule has 2 heterocycles. The Bertz CT molecular complexity index is 1100. The average molecular weight is 406 g/mol. The van der Waals surface area contributed by atoms with E-state index >= 15 is 0 Å².